The molecule has 1 heterocycles. The predicted molar refractivity (Wildman–Crippen MR) is 135 cm³/mol. The van der Waals surface area contributed by atoms with Gasteiger partial charge in [-0.15, -0.1) is 0 Å². The van der Waals surface area contributed by atoms with Crippen LogP contribution >= 0.6 is 15.9 Å². The minimum atomic E-state index is -1.11. The number of amides is 1. The largest absolute Gasteiger partial charge is 0.493 e. The second-order valence-corrected chi connectivity index (χ2v) is 8.62. The van der Waals surface area contributed by atoms with Gasteiger partial charge in [0.15, 0.2) is 17.3 Å². The number of non-ortho nitro benzene ring substituents is 1. The number of hydrogen-bond acceptors (Lipinski definition) is 6. The maximum atomic E-state index is 13.4. The van der Waals surface area contributed by atoms with Crippen molar-refractivity contribution in [2.75, 3.05) is 19.5 Å². The normalized spacial score (nSPS) is 16.9. The monoisotopic (exact) mass is 536 g/mol. The van der Waals surface area contributed by atoms with E-state index in [9.17, 15) is 19.7 Å². The molecule has 1 aliphatic rings. The summed E-state index contributed by atoms with van der Waals surface area (Å²) in [5, 5.41) is 14.2. The Kier molecular flexibility index (Phi) is 6.97. The first-order valence-electron chi connectivity index (χ1n) is 10.6. The number of anilines is 1. The van der Waals surface area contributed by atoms with Gasteiger partial charge in [0.2, 0.25) is 5.91 Å². The molecule has 0 radical (unpaired) electrons. The fourth-order valence-electron chi connectivity index (χ4n) is 4.21. The summed E-state index contributed by atoms with van der Waals surface area (Å²) >= 11 is 3.47. The summed E-state index contributed by atoms with van der Waals surface area (Å²) in [4.78, 5) is 37.5. The minimum Gasteiger partial charge on any atom is -0.493 e. The van der Waals surface area contributed by atoms with Gasteiger partial charge >= 0.3 is 0 Å². The number of allylic oxidation sites excluding steroid dienone is 1. The van der Waals surface area contributed by atoms with Gasteiger partial charge in [-0.3, -0.25) is 19.7 Å². The van der Waals surface area contributed by atoms with Gasteiger partial charge in [-0.1, -0.05) is 36.4 Å². The number of carbonyl (C=O) groups is 2. The summed E-state index contributed by atoms with van der Waals surface area (Å²) in [6.45, 7) is 0. The molecule has 0 saturated carbocycles. The number of carbonyl (C=O) groups excluding carboxylic acids is 2. The molecule has 4 rings (SSSR count). The highest BCUT2D eigenvalue weighted by Gasteiger charge is 2.41. The molecule has 2 atom stereocenters. The molecule has 0 spiro atoms. The zero-order valence-electron chi connectivity index (χ0n) is 18.9. The molecular formula is C26H21BrN2O6. The standard InChI is InChI=1S/C26H21BrN2O6/c1-34-21-13-9-16(24(27)25(21)35-2)8-12-20(30)23-22(15-6-4-3-5-7-15)18-14-17(29(32)33)10-11-19(18)28-26(23)31/h3-14,22-23H,1-2H3,(H,28,31)/b12-8-/t22-,23-/m1/s1. The smallest absolute Gasteiger partial charge is 0.269 e. The number of nitro groups is 1. The third-order valence-electron chi connectivity index (χ3n) is 5.86. The zero-order valence-corrected chi connectivity index (χ0v) is 20.4. The number of halogens is 1. The number of nitrogens with zero attached hydrogens (tertiary/aromatic N) is 1. The number of ether oxygens (including phenoxy) is 2. The van der Waals surface area contributed by atoms with Gasteiger partial charge in [-0.25, -0.2) is 0 Å². The molecule has 3 aromatic rings. The molecule has 0 unspecified atom stereocenters. The number of hydrogen-bond donors (Lipinski definition) is 1. The Morgan fingerprint density at radius 2 is 1.83 bits per heavy atom. The lowest BCUT2D eigenvalue weighted by Gasteiger charge is -2.32. The van der Waals surface area contributed by atoms with Gasteiger partial charge in [0.25, 0.3) is 5.69 Å². The van der Waals surface area contributed by atoms with Crippen molar-refractivity contribution in [2.45, 2.75) is 5.92 Å². The molecule has 0 fully saturated rings. The highest BCUT2D eigenvalue weighted by Crippen LogP contribution is 2.43. The predicted octanol–water partition coefficient (Wildman–Crippen LogP) is 5.36. The van der Waals surface area contributed by atoms with E-state index in [0.717, 1.165) is 0 Å². The van der Waals surface area contributed by atoms with Crippen molar-refractivity contribution >= 4 is 45.1 Å². The van der Waals surface area contributed by atoms with E-state index in [1.165, 1.54) is 38.5 Å². The number of rotatable bonds is 7. The molecule has 1 N–H and O–H groups in total. The third kappa shape index (κ3) is 4.67. The van der Waals surface area contributed by atoms with Gasteiger partial charge in [-0.2, -0.15) is 0 Å². The first-order valence-corrected chi connectivity index (χ1v) is 11.4. The fourth-order valence-corrected chi connectivity index (χ4v) is 4.83. The van der Waals surface area contributed by atoms with Crippen LogP contribution in [-0.2, 0) is 9.59 Å². The Bertz CT molecular complexity index is 1340. The third-order valence-corrected chi connectivity index (χ3v) is 6.68. The summed E-state index contributed by atoms with van der Waals surface area (Å²) in [6.07, 6.45) is 2.93. The number of fused-ring (bicyclic) bond motifs is 1. The number of benzene rings is 3. The maximum absolute atomic E-state index is 13.4. The van der Waals surface area contributed by atoms with Gasteiger partial charge in [0.1, 0.15) is 5.92 Å². The van der Waals surface area contributed by atoms with Crippen molar-refractivity contribution in [1.29, 1.82) is 0 Å². The fraction of sp³-hybridized carbons (Fsp3) is 0.154. The second-order valence-electron chi connectivity index (χ2n) is 7.82. The van der Waals surface area contributed by atoms with Crippen LogP contribution in [0.15, 0.2) is 71.2 Å². The molecular weight excluding hydrogens is 516 g/mol. The maximum Gasteiger partial charge on any atom is 0.269 e. The van der Waals surface area contributed by atoms with Crippen molar-refractivity contribution in [1.82, 2.24) is 0 Å². The van der Waals surface area contributed by atoms with Crippen LogP contribution in [0.2, 0.25) is 0 Å². The lowest BCUT2D eigenvalue weighted by atomic mass is 9.75. The van der Waals surface area contributed by atoms with Crippen LogP contribution < -0.4 is 14.8 Å². The van der Waals surface area contributed by atoms with Gasteiger partial charge in [-0.05, 0) is 56.9 Å². The number of methoxy groups -OCH3 is 2. The van der Waals surface area contributed by atoms with Crippen LogP contribution in [0.5, 0.6) is 11.5 Å². The molecule has 3 aromatic carbocycles. The average molecular weight is 537 g/mol. The van der Waals surface area contributed by atoms with Crippen molar-refractivity contribution < 1.29 is 24.0 Å². The quantitative estimate of drug-likeness (QED) is 0.188. The first kappa shape index (κ1) is 24.2. The van der Waals surface area contributed by atoms with Gasteiger partial charge in [0.05, 0.1) is 23.6 Å². The molecule has 8 nitrogen and oxygen atoms in total. The van der Waals surface area contributed by atoms with Crippen LogP contribution in [0.4, 0.5) is 11.4 Å². The molecule has 0 aliphatic carbocycles. The molecule has 1 aliphatic heterocycles. The SMILES string of the molecule is COc1ccc(/C=C\C(=O)[C@H]2C(=O)Nc3ccc([N+](=O)[O-])cc3[C@H]2c2ccccc2)c(Br)c1OC. The Morgan fingerprint density at radius 1 is 1.09 bits per heavy atom. The van der Waals surface area contributed by atoms with E-state index < -0.39 is 28.4 Å². The summed E-state index contributed by atoms with van der Waals surface area (Å²) < 4.78 is 11.3. The zero-order chi connectivity index (χ0) is 25.1. The van der Waals surface area contributed by atoms with E-state index in [1.807, 2.05) is 6.07 Å². The number of nitro benzene ring substituents is 1. The molecule has 0 bridgehead atoms. The second kappa shape index (κ2) is 10.1. The molecule has 0 saturated heterocycles. The summed E-state index contributed by atoms with van der Waals surface area (Å²) in [5.41, 5.74) is 2.22. The van der Waals surface area contributed by atoms with E-state index in [1.54, 1.807) is 42.5 Å². The van der Waals surface area contributed by atoms with E-state index in [4.69, 9.17) is 9.47 Å². The topological polar surface area (TPSA) is 108 Å². The highest BCUT2D eigenvalue weighted by molar-refractivity contribution is 9.10. The van der Waals surface area contributed by atoms with Crippen LogP contribution in [0.3, 0.4) is 0 Å². The molecule has 0 aromatic heterocycles. The van der Waals surface area contributed by atoms with E-state index in [0.29, 0.717) is 38.3 Å². The van der Waals surface area contributed by atoms with Crippen molar-refractivity contribution in [3.05, 3.63) is 98.0 Å². The lowest BCUT2D eigenvalue weighted by Crippen LogP contribution is -2.38. The van der Waals surface area contributed by atoms with Gasteiger partial charge < -0.3 is 14.8 Å². The van der Waals surface area contributed by atoms with Crippen molar-refractivity contribution in [3.8, 4) is 11.5 Å². The number of ketones is 1. The Morgan fingerprint density at radius 3 is 2.49 bits per heavy atom. The molecule has 1 amide bonds. The molecule has 9 heteroatoms. The van der Waals surface area contributed by atoms with E-state index in [2.05, 4.69) is 21.2 Å². The average Bonchev–Trinajstić information content (AvgIpc) is 2.86. The number of nitrogens with one attached hydrogen (secondary N) is 1. The summed E-state index contributed by atoms with van der Waals surface area (Å²) in [5.74, 6) is -1.71. The van der Waals surface area contributed by atoms with Crippen LogP contribution in [0, 0.1) is 16.0 Å². The van der Waals surface area contributed by atoms with E-state index >= 15 is 0 Å². The van der Waals surface area contributed by atoms with E-state index in [-0.39, 0.29) is 5.69 Å². The van der Waals surface area contributed by atoms with Crippen LogP contribution in [0.1, 0.15) is 22.6 Å². The van der Waals surface area contributed by atoms with Crippen molar-refractivity contribution in [3.63, 3.8) is 0 Å². The Balaban J connectivity index is 1.76. The Hall–Kier alpha value is -3.98. The first-order chi connectivity index (χ1) is 16.8. The summed E-state index contributed by atoms with van der Waals surface area (Å²) in [6, 6.07) is 16.8. The van der Waals surface area contributed by atoms with Crippen LogP contribution in [0.25, 0.3) is 6.08 Å². The van der Waals surface area contributed by atoms with Crippen molar-refractivity contribution in [2.24, 2.45) is 5.92 Å². The van der Waals surface area contributed by atoms with Crippen LogP contribution in [-0.4, -0.2) is 30.8 Å². The minimum absolute atomic E-state index is 0.114. The summed E-state index contributed by atoms with van der Waals surface area (Å²) in [7, 11) is 3.03. The Labute approximate surface area is 209 Å². The lowest BCUT2D eigenvalue weighted by molar-refractivity contribution is -0.384. The van der Waals surface area contributed by atoms with Gasteiger partial charge in [0, 0.05) is 23.7 Å². The molecule has 178 valence electrons. The molecule has 35 heavy (non-hydrogen) atoms. The highest BCUT2D eigenvalue weighted by atomic mass is 79.9.